The minimum absolute atomic E-state index is 0.329. The van der Waals surface area contributed by atoms with Crippen LogP contribution < -0.4 is 5.32 Å². The lowest BCUT2D eigenvalue weighted by atomic mass is 10.1. The van der Waals surface area contributed by atoms with Crippen molar-refractivity contribution in [1.29, 1.82) is 0 Å². The van der Waals surface area contributed by atoms with E-state index >= 15 is 0 Å². The molecule has 3 nitrogen and oxygen atoms in total. The fourth-order valence-electron chi connectivity index (χ4n) is 1.89. The number of benzene rings is 1. The van der Waals surface area contributed by atoms with Crippen molar-refractivity contribution in [3.05, 3.63) is 28.2 Å². The van der Waals surface area contributed by atoms with Crippen LogP contribution in [0.25, 0.3) is 0 Å². The average Bonchev–Trinajstić information content (AvgIpc) is 2.32. The first-order chi connectivity index (χ1) is 8.16. The predicted octanol–water partition coefficient (Wildman–Crippen LogP) is 3.45. The molecule has 0 amide bonds. The van der Waals surface area contributed by atoms with Crippen LogP contribution >= 0.6 is 27.7 Å². The summed E-state index contributed by atoms with van der Waals surface area (Å²) in [6, 6.07) is 5.71. The summed E-state index contributed by atoms with van der Waals surface area (Å²) in [6.07, 6.45) is 2.31. The average molecular weight is 316 g/mol. The van der Waals surface area contributed by atoms with Gasteiger partial charge in [0.25, 0.3) is 0 Å². The highest BCUT2D eigenvalue weighted by molar-refractivity contribution is 9.10. The zero-order chi connectivity index (χ0) is 12.3. The quantitative estimate of drug-likeness (QED) is 0.897. The molecule has 0 spiro atoms. The first kappa shape index (κ1) is 12.8. The van der Waals surface area contributed by atoms with E-state index in [0.717, 1.165) is 16.6 Å². The lowest BCUT2D eigenvalue weighted by molar-refractivity contribution is 0.0698. The maximum atomic E-state index is 11.1. The summed E-state index contributed by atoms with van der Waals surface area (Å²) < 4.78 is 0.790. The number of carbonyl (C=O) groups is 1. The SMILES string of the molecule is O=C(O)c1cc(Br)ccc1NC1CCCSC1. The number of hydrogen-bond donors (Lipinski definition) is 2. The molecule has 0 bridgehead atoms. The first-order valence-corrected chi connectivity index (χ1v) is 7.48. The molecule has 17 heavy (non-hydrogen) atoms. The maximum Gasteiger partial charge on any atom is 0.337 e. The molecule has 1 fully saturated rings. The normalized spacial score (nSPS) is 19.9. The summed E-state index contributed by atoms with van der Waals surface area (Å²) in [7, 11) is 0. The van der Waals surface area contributed by atoms with Gasteiger partial charge >= 0.3 is 5.97 Å². The van der Waals surface area contributed by atoms with E-state index in [2.05, 4.69) is 21.2 Å². The van der Waals surface area contributed by atoms with Crippen LogP contribution in [0.5, 0.6) is 0 Å². The Labute approximate surface area is 113 Å². The fourth-order valence-corrected chi connectivity index (χ4v) is 3.33. The molecule has 5 heteroatoms. The number of halogens is 1. The zero-order valence-electron chi connectivity index (χ0n) is 9.28. The lowest BCUT2D eigenvalue weighted by Crippen LogP contribution is -2.26. The van der Waals surface area contributed by atoms with Gasteiger partial charge in [0.2, 0.25) is 0 Å². The molecule has 2 N–H and O–H groups in total. The van der Waals surface area contributed by atoms with Crippen molar-refractivity contribution in [1.82, 2.24) is 0 Å². The Morgan fingerprint density at radius 2 is 2.35 bits per heavy atom. The Morgan fingerprint density at radius 3 is 3.00 bits per heavy atom. The number of carboxylic acids is 1. The van der Waals surface area contributed by atoms with Crippen molar-refractivity contribution < 1.29 is 9.90 Å². The third-order valence-electron chi connectivity index (χ3n) is 2.73. The summed E-state index contributed by atoms with van der Waals surface area (Å²) in [6.45, 7) is 0. The molecule has 1 heterocycles. The Morgan fingerprint density at radius 1 is 1.53 bits per heavy atom. The largest absolute Gasteiger partial charge is 0.478 e. The van der Waals surface area contributed by atoms with E-state index in [9.17, 15) is 4.79 Å². The van der Waals surface area contributed by atoms with E-state index < -0.39 is 5.97 Å². The Bertz CT molecular complexity index is 419. The highest BCUT2D eigenvalue weighted by Crippen LogP contribution is 2.25. The van der Waals surface area contributed by atoms with Crippen LogP contribution in [0.3, 0.4) is 0 Å². The van der Waals surface area contributed by atoms with Crippen molar-refractivity contribution in [2.75, 3.05) is 16.8 Å². The van der Waals surface area contributed by atoms with Crippen molar-refractivity contribution in [2.45, 2.75) is 18.9 Å². The van der Waals surface area contributed by atoms with E-state index in [4.69, 9.17) is 5.11 Å². The van der Waals surface area contributed by atoms with E-state index in [0.29, 0.717) is 17.3 Å². The van der Waals surface area contributed by atoms with Crippen molar-refractivity contribution in [3.63, 3.8) is 0 Å². The van der Waals surface area contributed by atoms with Crippen LogP contribution in [0, 0.1) is 0 Å². The second kappa shape index (κ2) is 5.78. The first-order valence-electron chi connectivity index (χ1n) is 5.54. The molecule has 0 aliphatic carbocycles. The highest BCUT2D eigenvalue weighted by Gasteiger charge is 2.17. The minimum atomic E-state index is -0.891. The molecule has 1 aliphatic heterocycles. The van der Waals surface area contributed by atoms with E-state index in [1.807, 2.05) is 23.9 Å². The molecule has 92 valence electrons. The van der Waals surface area contributed by atoms with Gasteiger partial charge in [0.05, 0.1) is 5.56 Å². The lowest BCUT2D eigenvalue weighted by Gasteiger charge is -2.24. The van der Waals surface area contributed by atoms with E-state index in [1.165, 1.54) is 12.2 Å². The number of hydrogen-bond acceptors (Lipinski definition) is 3. The molecule has 1 aromatic carbocycles. The van der Waals surface area contributed by atoms with Gasteiger partial charge in [-0.2, -0.15) is 11.8 Å². The molecule has 1 aromatic rings. The molecule has 1 saturated heterocycles. The number of carboxylic acid groups (broad SMARTS) is 1. The fraction of sp³-hybridized carbons (Fsp3) is 0.417. The molecule has 1 aliphatic rings. The van der Waals surface area contributed by atoms with Gasteiger partial charge in [-0.15, -0.1) is 0 Å². The predicted molar refractivity (Wildman–Crippen MR) is 75.1 cm³/mol. The number of thioether (sulfide) groups is 1. The van der Waals surface area contributed by atoms with Crippen molar-refractivity contribution in [2.24, 2.45) is 0 Å². The van der Waals surface area contributed by atoms with Crippen LogP contribution in [-0.2, 0) is 0 Å². The van der Waals surface area contributed by atoms with E-state index in [-0.39, 0.29) is 0 Å². The van der Waals surface area contributed by atoms with Gasteiger partial charge in [-0.3, -0.25) is 0 Å². The molecule has 1 unspecified atom stereocenters. The van der Waals surface area contributed by atoms with Crippen LogP contribution in [0.2, 0.25) is 0 Å². The van der Waals surface area contributed by atoms with Crippen molar-refractivity contribution >= 4 is 39.3 Å². The molecular formula is C12H14BrNO2S. The number of aromatic carboxylic acids is 1. The summed E-state index contributed by atoms with van der Waals surface area (Å²) in [5.41, 5.74) is 1.04. The standard InChI is InChI=1S/C12H14BrNO2S/c13-8-3-4-11(10(6-8)12(15)16)14-9-2-1-5-17-7-9/h3-4,6,9,14H,1-2,5,7H2,(H,15,16). The summed E-state index contributed by atoms with van der Waals surface area (Å²) >= 11 is 5.22. The maximum absolute atomic E-state index is 11.1. The number of anilines is 1. The van der Waals surface area contributed by atoms with Crippen LogP contribution in [0.1, 0.15) is 23.2 Å². The second-order valence-corrected chi connectivity index (χ2v) is 6.12. The third kappa shape index (κ3) is 3.39. The van der Waals surface area contributed by atoms with Gasteiger partial charge in [-0.25, -0.2) is 4.79 Å². The molecular weight excluding hydrogens is 302 g/mol. The number of rotatable bonds is 3. The van der Waals surface area contributed by atoms with Gasteiger partial charge in [-0.1, -0.05) is 15.9 Å². The van der Waals surface area contributed by atoms with E-state index in [1.54, 1.807) is 6.07 Å². The van der Waals surface area contributed by atoms with Gasteiger partial charge in [0, 0.05) is 22.0 Å². The third-order valence-corrected chi connectivity index (χ3v) is 4.44. The number of nitrogens with one attached hydrogen (secondary N) is 1. The molecule has 0 aromatic heterocycles. The van der Waals surface area contributed by atoms with Crippen LogP contribution in [-0.4, -0.2) is 28.6 Å². The van der Waals surface area contributed by atoms with Crippen LogP contribution in [0.15, 0.2) is 22.7 Å². The second-order valence-electron chi connectivity index (χ2n) is 4.05. The topological polar surface area (TPSA) is 49.3 Å². The molecule has 2 rings (SSSR count). The summed E-state index contributed by atoms with van der Waals surface area (Å²) in [5.74, 6) is 1.37. The monoisotopic (exact) mass is 315 g/mol. The Hall–Kier alpha value is -0.680. The van der Waals surface area contributed by atoms with Crippen molar-refractivity contribution in [3.8, 4) is 0 Å². The minimum Gasteiger partial charge on any atom is -0.478 e. The smallest absolute Gasteiger partial charge is 0.337 e. The Balaban J connectivity index is 2.16. The summed E-state index contributed by atoms with van der Waals surface area (Å²) in [4.78, 5) is 11.1. The zero-order valence-corrected chi connectivity index (χ0v) is 11.7. The molecule has 1 atom stereocenters. The Kier molecular flexibility index (Phi) is 4.34. The highest BCUT2D eigenvalue weighted by atomic mass is 79.9. The molecule has 0 radical (unpaired) electrons. The summed E-state index contributed by atoms with van der Waals surface area (Å²) in [5, 5.41) is 12.5. The van der Waals surface area contributed by atoms with Gasteiger partial charge in [-0.05, 0) is 36.8 Å². The van der Waals surface area contributed by atoms with Gasteiger partial charge in [0.15, 0.2) is 0 Å². The van der Waals surface area contributed by atoms with Crippen LogP contribution in [0.4, 0.5) is 5.69 Å². The van der Waals surface area contributed by atoms with Gasteiger partial charge < -0.3 is 10.4 Å². The van der Waals surface area contributed by atoms with Gasteiger partial charge in [0.1, 0.15) is 0 Å². The molecule has 0 saturated carbocycles.